The summed E-state index contributed by atoms with van der Waals surface area (Å²) in [6, 6.07) is 7.26. The molecule has 1 saturated heterocycles. The molecule has 3 amide bonds. The Labute approximate surface area is 182 Å². The fourth-order valence-corrected chi connectivity index (χ4v) is 6.85. The van der Waals surface area contributed by atoms with E-state index < -0.39 is 0 Å². The summed E-state index contributed by atoms with van der Waals surface area (Å²) in [6.07, 6.45) is 8.46. The average molecular weight is 421 g/mol. The number of hydrogen-bond donors (Lipinski definition) is 1. The lowest BCUT2D eigenvalue weighted by atomic mass is 9.63. The number of nitrogens with one attached hydrogen (secondary N) is 1. The van der Waals surface area contributed by atoms with Gasteiger partial charge in [0, 0.05) is 17.6 Å². The van der Waals surface area contributed by atoms with Crippen molar-refractivity contribution < 1.29 is 19.1 Å². The summed E-state index contributed by atoms with van der Waals surface area (Å²) in [5, 5.41) is 2.98. The molecular formula is C25H28N2O4. The van der Waals surface area contributed by atoms with Gasteiger partial charge in [-0.25, -0.2) is 0 Å². The van der Waals surface area contributed by atoms with Crippen molar-refractivity contribution in [3.8, 4) is 5.75 Å². The van der Waals surface area contributed by atoms with E-state index in [1.54, 1.807) is 12.0 Å². The standard InChI is InChI=1S/C25H28N2O4/c1-31-16-8-4-14(5-9-16)26-23(28)13-2-6-15(7-3-13)27-24(29)21-17-10-11-18(20-12-19(17)20)22(21)25(27)30/h4-5,8-11,13,15,17-22H,2-3,6-7,12H2,1H3,(H,26,28). The third kappa shape index (κ3) is 2.87. The van der Waals surface area contributed by atoms with Crippen LogP contribution >= 0.6 is 0 Å². The van der Waals surface area contributed by atoms with Gasteiger partial charge in [0.15, 0.2) is 0 Å². The van der Waals surface area contributed by atoms with E-state index >= 15 is 0 Å². The van der Waals surface area contributed by atoms with Crippen molar-refractivity contribution in [1.29, 1.82) is 0 Å². The van der Waals surface area contributed by atoms with Gasteiger partial charge < -0.3 is 10.1 Å². The minimum Gasteiger partial charge on any atom is -0.497 e. The van der Waals surface area contributed by atoms with Gasteiger partial charge >= 0.3 is 0 Å². The van der Waals surface area contributed by atoms with Crippen molar-refractivity contribution in [3.05, 3.63) is 36.4 Å². The van der Waals surface area contributed by atoms with Crippen molar-refractivity contribution in [2.24, 2.45) is 41.4 Å². The molecule has 162 valence electrons. The number of nitrogens with zero attached hydrogens (tertiary/aromatic N) is 1. The Morgan fingerprint density at radius 2 is 1.52 bits per heavy atom. The van der Waals surface area contributed by atoms with Gasteiger partial charge in [0.05, 0.1) is 18.9 Å². The molecule has 31 heavy (non-hydrogen) atoms. The van der Waals surface area contributed by atoms with Crippen LogP contribution in [0.15, 0.2) is 36.4 Å². The number of benzene rings is 1. The molecule has 6 nitrogen and oxygen atoms in total. The van der Waals surface area contributed by atoms with E-state index in [1.165, 1.54) is 6.42 Å². The highest BCUT2D eigenvalue weighted by Crippen LogP contribution is 2.65. The molecule has 1 heterocycles. The Kier molecular flexibility index (Phi) is 4.27. The number of allylic oxidation sites excluding steroid dienone is 2. The molecule has 1 aromatic rings. The highest BCUT2D eigenvalue weighted by atomic mass is 16.5. The van der Waals surface area contributed by atoms with Crippen LogP contribution in [0.3, 0.4) is 0 Å². The zero-order valence-corrected chi connectivity index (χ0v) is 17.7. The largest absolute Gasteiger partial charge is 0.497 e. The maximum Gasteiger partial charge on any atom is 0.233 e. The molecule has 0 spiro atoms. The lowest BCUT2D eigenvalue weighted by Gasteiger charge is -2.37. The average Bonchev–Trinajstić information content (AvgIpc) is 3.58. The number of carbonyl (C=O) groups excluding carboxylic acids is 3. The quantitative estimate of drug-likeness (QED) is 0.599. The number of likely N-dealkylation sites (tertiary alicyclic amines) is 1. The van der Waals surface area contributed by atoms with Crippen molar-refractivity contribution in [1.82, 2.24) is 4.90 Å². The Hall–Kier alpha value is -2.63. The van der Waals surface area contributed by atoms with Crippen LogP contribution in [0.2, 0.25) is 0 Å². The molecule has 6 unspecified atom stereocenters. The second kappa shape index (κ2) is 6.94. The van der Waals surface area contributed by atoms with Crippen LogP contribution in [-0.2, 0) is 14.4 Å². The minimum absolute atomic E-state index is 0.0127. The van der Waals surface area contributed by atoms with Crippen LogP contribution in [-0.4, -0.2) is 35.8 Å². The maximum atomic E-state index is 13.3. The topological polar surface area (TPSA) is 75.7 Å². The summed E-state index contributed by atoms with van der Waals surface area (Å²) >= 11 is 0. The molecule has 1 aliphatic heterocycles. The van der Waals surface area contributed by atoms with E-state index in [0.717, 1.165) is 11.4 Å². The first-order valence-corrected chi connectivity index (χ1v) is 11.6. The van der Waals surface area contributed by atoms with Gasteiger partial charge in [-0.1, -0.05) is 12.2 Å². The first kappa shape index (κ1) is 19.1. The summed E-state index contributed by atoms with van der Waals surface area (Å²) in [6.45, 7) is 0. The number of methoxy groups -OCH3 is 1. The van der Waals surface area contributed by atoms with Gasteiger partial charge in [-0.3, -0.25) is 19.3 Å². The second-order valence-corrected chi connectivity index (χ2v) is 9.92. The third-order valence-electron chi connectivity index (χ3n) is 8.49. The van der Waals surface area contributed by atoms with E-state index in [4.69, 9.17) is 4.74 Å². The zero-order chi connectivity index (χ0) is 21.3. The summed E-state index contributed by atoms with van der Waals surface area (Å²) in [5.41, 5.74) is 0.753. The van der Waals surface area contributed by atoms with Crippen LogP contribution in [0.5, 0.6) is 5.75 Å². The van der Waals surface area contributed by atoms with Crippen molar-refractivity contribution in [2.75, 3.05) is 12.4 Å². The smallest absolute Gasteiger partial charge is 0.233 e. The van der Waals surface area contributed by atoms with Crippen molar-refractivity contribution in [2.45, 2.75) is 38.1 Å². The summed E-state index contributed by atoms with van der Waals surface area (Å²) < 4.78 is 5.15. The first-order valence-electron chi connectivity index (χ1n) is 11.6. The fourth-order valence-electron chi connectivity index (χ4n) is 6.85. The van der Waals surface area contributed by atoms with E-state index in [2.05, 4.69) is 17.5 Å². The summed E-state index contributed by atoms with van der Waals surface area (Å²) in [7, 11) is 1.61. The van der Waals surface area contributed by atoms with Crippen LogP contribution in [0.1, 0.15) is 32.1 Å². The molecule has 0 radical (unpaired) electrons. The molecule has 3 saturated carbocycles. The van der Waals surface area contributed by atoms with Gasteiger partial charge in [-0.15, -0.1) is 0 Å². The fraction of sp³-hybridized carbons (Fsp3) is 0.560. The van der Waals surface area contributed by atoms with Crippen LogP contribution in [0.4, 0.5) is 5.69 Å². The van der Waals surface area contributed by atoms with Crippen molar-refractivity contribution >= 4 is 23.4 Å². The molecule has 6 aliphatic rings. The lowest BCUT2D eigenvalue weighted by molar-refractivity contribution is -0.144. The molecule has 5 aliphatic carbocycles. The third-order valence-corrected chi connectivity index (χ3v) is 8.49. The Morgan fingerprint density at radius 3 is 2.06 bits per heavy atom. The van der Waals surface area contributed by atoms with E-state index in [1.807, 2.05) is 24.3 Å². The van der Waals surface area contributed by atoms with E-state index in [0.29, 0.717) is 37.5 Å². The monoisotopic (exact) mass is 420 g/mol. The molecule has 4 fully saturated rings. The number of anilines is 1. The number of carbonyl (C=O) groups is 3. The SMILES string of the molecule is COc1ccc(NC(=O)C2CCC(N3C(=O)C4C5C=CC(C6CC56)C4C3=O)CC2)cc1. The molecule has 6 atom stereocenters. The Morgan fingerprint density at radius 1 is 0.935 bits per heavy atom. The molecule has 1 aromatic carbocycles. The minimum atomic E-state index is -0.123. The van der Waals surface area contributed by atoms with Crippen LogP contribution in [0.25, 0.3) is 0 Å². The summed E-state index contributed by atoms with van der Waals surface area (Å²) in [4.78, 5) is 40.9. The maximum absolute atomic E-state index is 13.3. The zero-order valence-electron chi connectivity index (χ0n) is 17.7. The molecule has 7 rings (SSSR count). The molecular weight excluding hydrogens is 392 g/mol. The highest BCUT2D eigenvalue weighted by Gasteiger charge is 2.67. The van der Waals surface area contributed by atoms with Gasteiger partial charge in [-0.2, -0.15) is 0 Å². The van der Waals surface area contributed by atoms with Gasteiger partial charge in [0.2, 0.25) is 17.7 Å². The Bertz CT molecular complexity index is 926. The highest BCUT2D eigenvalue weighted by molar-refractivity contribution is 6.06. The Balaban J connectivity index is 1.09. The van der Waals surface area contributed by atoms with Crippen molar-refractivity contribution in [3.63, 3.8) is 0 Å². The number of amides is 3. The van der Waals surface area contributed by atoms with Gasteiger partial charge in [-0.05, 0) is 80.0 Å². The number of hydrogen-bond acceptors (Lipinski definition) is 4. The van der Waals surface area contributed by atoms with E-state index in [-0.39, 0.29) is 53.4 Å². The number of rotatable bonds is 4. The van der Waals surface area contributed by atoms with E-state index in [9.17, 15) is 14.4 Å². The number of imide groups is 1. The second-order valence-electron chi connectivity index (χ2n) is 9.92. The predicted molar refractivity (Wildman–Crippen MR) is 114 cm³/mol. The van der Waals surface area contributed by atoms with Gasteiger partial charge in [0.1, 0.15) is 5.75 Å². The summed E-state index contributed by atoms with van der Waals surface area (Å²) in [5.74, 6) is 2.36. The molecule has 2 bridgehead atoms. The van der Waals surface area contributed by atoms with Crippen LogP contribution < -0.4 is 10.1 Å². The first-order chi connectivity index (χ1) is 15.1. The molecule has 6 heteroatoms. The molecule has 0 aromatic heterocycles. The normalized spacial score (nSPS) is 39.8. The number of ether oxygens (including phenoxy) is 1. The van der Waals surface area contributed by atoms with Gasteiger partial charge in [0.25, 0.3) is 0 Å². The predicted octanol–water partition coefficient (Wildman–Crippen LogP) is 3.25. The van der Waals surface area contributed by atoms with Crippen LogP contribution in [0, 0.1) is 41.4 Å². The molecule has 1 N–H and O–H groups in total. The lowest BCUT2D eigenvalue weighted by Crippen LogP contribution is -2.44.